The third kappa shape index (κ3) is 5.22. The van der Waals surface area contributed by atoms with Gasteiger partial charge < -0.3 is 15.3 Å². The number of hydrogen-bond donors (Lipinski definition) is 2. The standard InChI is InChI=1S/C20H20Cl2N2O3/c21-14-3-6-17(18(22)12-14)20(27)23-15-4-1-13(2-5-15)11-19(26)24-9-7-16(25)8-10-24/h1-6,12,16,25H,7-11H2,(H,23,27). The van der Waals surface area contributed by atoms with Crippen LogP contribution in [0.1, 0.15) is 28.8 Å². The first-order valence-corrected chi connectivity index (χ1v) is 9.49. The number of nitrogens with zero attached hydrogens (tertiary/aromatic N) is 1. The first-order valence-electron chi connectivity index (χ1n) is 8.73. The van der Waals surface area contributed by atoms with Crippen molar-refractivity contribution in [2.75, 3.05) is 18.4 Å². The van der Waals surface area contributed by atoms with E-state index in [2.05, 4.69) is 5.32 Å². The van der Waals surface area contributed by atoms with Gasteiger partial charge in [-0.05, 0) is 48.7 Å². The molecule has 0 atom stereocenters. The summed E-state index contributed by atoms with van der Waals surface area (Å²) >= 11 is 11.9. The summed E-state index contributed by atoms with van der Waals surface area (Å²) < 4.78 is 0. The van der Waals surface area contributed by atoms with Crippen molar-refractivity contribution in [2.45, 2.75) is 25.4 Å². The smallest absolute Gasteiger partial charge is 0.257 e. The highest BCUT2D eigenvalue weighted by molar-refractivity contribution is 6.37. The zero-order valence-corrected chi connectivity index (χ0v) is 16.1. The molecule has 27 heavy (non-hydrogen) atoms. The Morgan fingerprint density at radius 3 is 2.37 bits per heavy atom. The number of halogens is 2. The summed E-state index contributed by atoms with van der Waals surface area (Å²) in [6, 6.07) is 11.8. The number of benzene rings is 2. The van der Waals surface area contributed by atoms with Crippen LogP contribution in [0.25, 0.3) is 0 Å². The van der Waals surface area contributed by atoms with Gasteiger partial charge in [0.1, 0.15) is 0 Å². The zero-order chi connectivity index (χ0) is 19.4. The number of aliphatic hydroxyl groups excluding tert-OH is 1. The minimum Gasteiger partial charge on any atom is -0.393 e. The van der Waals surface area contributed by atoms with Crippen molar-refractivity contribution in [1.82, 2.24) is 4.90 Å². The van der Waals surface area contributed by atoms with E-state index < -0.39 is 0 Å². The molecule has 5 nitrogen and oxygen atoms in total. The molecule has 1 aliphatic rings. The van der Waals surface area contributed by atoms with Crippen molar-refractivity contribution in [1.29, 1.82) is 0 Å². The van der Waals surface area contributed by atoms with E-state index in [1.807, 2.05) is 12.1 Å². The minimum atomic E-state index is -0.327. The summed E-state index contributed by atoms with van der Waals surface area (Å²) in [5, 5.41) is 13.1. The fraction of sp³-hybridized carbons (Fsp3) is 0.300. The van der Waals surface area contributed by atoms with Gasteiger partial charge in [0.05, 0.1) is 23.1 Å². The van der Waals surface area contributed by atoms with Crippen LogP contribution in [0.15, 0.2) is 42.5 Å². The minimum absolute atomic E-state index is 0.0478. The Morgan fingerprint density at radius 1 is 1.07 bits per heavy atom. The molecule has 0 bridgehead atoms. The highest BCUT2D eigenvalue weighted by Gasteiger charge is 2.21. The van der Waals surface area contributed by atoms with Gasteiger partial charge in [0.2, 0.25) is 5.91 Å². The largest absolute Gasteiger partial charge is 0.393 e. The lowest BCUT2D eigenvalue weighted by molar-refractivity contribution is -0.132. The van der Waals surface area contributed by atoms with Crippen LogP contribution in [-0.4, -0.2) is 41.0 Å². The quantitative estimate of drug-likeness (QED) is 0.811. The van der Waals surface area contributed by atoms with Crippen molar-refractivity contribution in [2.24, 2.45) is 0 Å². The van der Waals surface area contributed by atoms with Gasteiger partial charge in [-0.15, -0.1) is 0 Å². The van der Waals surface area contributed by atoms with Crippen molar-refractivity contribution < 1.29 is 14.7 Å². The maximum atomic E-state index is 12.3. The number of carbonyl (C=O) groups is 2. The normalized spacial score (nSPS) is 14.9. The van der Waals surface area contributed by atoms with Crippen LogP contribution < -0.4 is 5.32 Å². The molecule has 2 N–H and O–H groups in total. The Kier molecular flexibility index (Phi) is 6.37. The number of carbonyl (C=O) groups excluding carboxylic acids is 2. The molecule has 1 fully saturated rings. The fourth-order valence-electron chi connectivity index (χ4n) is 2.98. The molecular formula is C20H20Cl2N2O3. The number of aliphatic hydroxyl groups is 1. The van der Waals surface area contributed by atoms with Crippen LogP contribution in [-0.2, 0) is 11.2 Å². The molecule has 2 amide bonds. The first kappa shape index (κ1) is 19.7. The SMILES string of the molecule is O=C(Nc1ccc(CC(=O)N2CCC(O)CC2)cc1)c1ccc(Cl)cc1Cl. The summed E-state index contributed by atoms with van der Waals surface area (Å²) in [4.78, 5) is 26.4. The molecule has 3 rings (SSSR count). The first-order chi connectivity index (χ1) is 12.9. The van der Waals surface area contributed by atoms with Crippen LogP contribution >= 0.6 is 23.2 Å². The second-order valence-corrected chi connectivity index (χ2v) is 7.41. The van der Waals surface area contributed by atoms with Crippen molar-refractivity contribution in [3.63, 3.8) is 0 Å². The third-order valence-electron chi connectivity index (χ3n) is 4.56. The molecule has 0 aromatic heterocycles. The molecule has 0 spiro atoms. The summed E-state index contributed by atoms with van der Waals surface area (Å²) in [6.07, 6.45) is 1.26. The Labute approximate surface area is 167 Å². The highest BCUT2D eigenvalue weighted by Crippen LogP contribution is 2.22. The van der Waals surface area contributed by atoms with Gasteiger partial charge in [0.15, 0.2) is 0 Å². The van der Waals surface area contributed by atoms with Gasteiger partial charge in [-0.2, -0.15) is 0 Å². The zero-order valence-electron chi connectivity index (χ0n) is 14.6. The molecule has 0 saturated carbocycles. The molecule has 0 radical (unpaired) electrons. The van der Waals surface area contributed by atoms with Gasteiger partial charge >= 0.3 is 0 Å². The van der Waals surface area contributed by atoms with Gasteiger partial charge in [-0.25, -0.2) is 0 Å². The average molecular weight is 407 g/mol. The van der Waals surface area contributed by atoms with Crippen LogP contribution in [0.5, 0.6) is 0 Å². The summed E-state index contributed by atoms with van der Waals surface area (Å²) in [5.74, 6) is -0.279. The average Bonchev–Trinajstić information content (AvgIpc) is 2.63. The fourth-order valence-corrected chi connectivity index (χ4v) is 3.47. The number of nitrogens with one attached hydrogen (secondary N) is 1. The number of likely N-dealkylation sites (tertiary alicyclic amines) is 1. The van der Waals surface area contributed by atoms with Crippen molar-refractivity contribution in [3.05, 3.63) is 63.6 Å². The number of piperidine rings is 1. The lowest BCUT2D eigenvalue weighted by Crippen LogP contribution is -2.40. The van der Waals surface area contributed by atoms with E-state index >= 15 is 0 Å². The van der Waals surface area contributed by atoms with E-state index in [0.29, 0.717) is 48.6 Å². The van der Waals surface area contributed by atoms with E-state index in [1.54, 1.807) is 29.2 Å². The topological polar surface area (TPSA) is 69.6 Å². The van der Waals surface area contributed by atoms with Gasteiger partial charge in [-0.3, -0.25) is 9.59 Å². The monoisotopic (exact) mass is 406 g/mol. The van der Waals surface area contributed by atoms with E-state index in [-0.39, 0.29) is 22.9 Å². The number of amides is 2. The molecule has 142 valence electrons. The lowest BCUT2D eigenvalue weighted by atomic mass is 10.1. The molecule has 0 aliphatic carbocycles. The molecule has 7 heteroatoms. The second-order valence-electron chi connectivity index (χ2n) is 6.56. The summed E-state index contributed by atoms with van der Waals surface area (Å²) in [7, 11) is 0. The predicted octanol–water partition coefficient (Wildman–Crippen LogP) is 3.77. The maximum Gasteiger partial charge on any atom is 0.257 e. The molecule has 1 heterocycles. The molecule has 2 aromatic rings. The van der Waals surface area contributed by atoms with E-state index in [9.17, 15) is 14.7 Å². The van der Waals surface area contributed by atoms with Gasteiger partial charge in [0.25, 0.3) is 5.91 Å². The third-order valence-corrected chi connectivity index (χ3v) is 5.11. The summed E-state index contributed by atoms with van der Waals surface area (Å²) in [5.41, 5.74) is 1.82. The maximum absolute atomic E-state index is 12.3. The van der Waals surface area contributed by atoms with Crippen LogP contribution in [0, 0.1) is 0 Å². The van der Waals surface area contributed by atoms with E-state index in [4.69, 9.17) is 23.2 Å². The molecule has 2 aromatic carbocycles. The van der Waals surface area contributed by atoms with Gasteiger partial charge in [0, 0.05) is 23.8 Å². The Morgan fingerprint density at radius 2 is 1.74 bits per heavy atom. The van der Waals surface area contributed by atoms with Crippen LogP contribution in [0.4, 0.5) is 5.69 Å². The van der Waals surface area contributed by atoms with Crippen LogP contribution in [0.2, 0.25) is 10.0 Å². The molecule has 1 saturated heterocycles. The lowest BCUT2D eigenvalue weighted by Gasteiger charge is -2.29. The molecule has 1 aliphatic heterocycles. The van der Waals surface area contributed by atoms with Crippen molar-refractivity contribution in [3.8, 4) is 0 Å². The van der Waals surface area contributed by atoms with Gasteiger partial charge in [-0.1, -0.05) is 35.3 Å². The Hall–Kier alpha value is -2.08. The number of hydrogen-bond acceptors (Lipinski definition) is 3. The molecule has 0 unspecified atom stereocenters. The molecular weight excluding hydrogens is 387 g/mol. The number of rotatable bonds is 4. The highest BCUT2D eigenvalue weighted by atomic mass is 35.5. The van der Waals surface area contributed by atoms with E-state index in [1.165, 1.54) is 6.07 Å². The van der Waals surface area contributed by atoms with Crippen molar-refractivity contribution >= 4 is 40.7 Å². The second kappa shape index (κ2) is 8.74. The predicted molar refractivity (Wildman–Crippen MR) is 106 cm³/mol. The van der Waals surface area contributed by atoms with Crippen LogP contribution in [0.3, 0.4) is 0 Å². The Balaban J connectivity index is 1.58. The Bertz CT molecular complexity index is 832. The number of anilines is 1. The van der Waals surface area contributed by atoms with E-state index in [0.717, 1.165) is 5.56 Å². The summed E-state index contributed by atoms with van der Waals surface area (Å²) in [6.45, 7) is 1.19.